The van der Waals surface area contributed by atoms with Gasteiger partial charge in [-0.25, -0.2) is 0 Å². The van der Waals surface area contributed by atoms with Gasteiger partial charge < -0.3 is 5.73 Å². The summed E-state index contributed by atoms with van der Waals surface area (Å²) in [6.45, 7) is 6.05. The average Bonchev–Trinajstić information content (AvgIpc) is 2.37. The lowest BCUT2D eigenvalue weighted by molar-refractivity contribution is 0.0999. The first-order valence-electron chi connectivity index (χ1n) is 5.98. The van der Waals surface area contributed by atoms with Crippen LogP contribution in [0.25, 0.3) is 11.1 Å². The van der Waals surface area contributed by atoms with E-state index in [9.17, 15) is 4.79 Å². The van der Waals surface area contributed by atoms with Crippen LogP contribution in [0.4, 0.5) is 0 Å². The van der Waals surface area contributed by atoms with Crippen LogP contribution >= 0.6 is 0 Å². The number of nitrogens with two attached hydrogens (primary N) is 1. The van der Waals surface area contributed by atoms with Gasteiger partial charge in [0.25, 0.3) is 0 Å². The van der Waals surface area contributed by atoms with Crippen LogP contribution in [0, 0.1) is 20.8 Å². The molecule has 92 valence electrons. The molecule has 0 unspecified atom stereocenters. The number of amides is 1. The van der Waals surface area contributed by atoms with E-state index in [2.05, 4.69) is 6.92 Å². The molecule has 2 N–H and O–H groups in total. The summed E-state index contributed by atoms with van der Waals surface area (Å²) in [6, 6.07) is 12.0. The Balaban J connectivity index is 2.73. The molecule has 2 nitrogen and oxygen atoms in total. The summed E-state index contributed by atoms with van der Waals surface area (Å²) in [5.74, 6) is -0.368. The van der Waals surface area contributed by atoms with Gasteiger partial charge in [-0.3, -0.25) is 4.79 Å². The lowest BCUT2D eigenvalue weighted by Crippen LogP contribution is -2.14. The second-order valence-electron chi connectivity index (χ2n) is 4.58. The highest BCUT2D eigenvalue weighted by molar-refractivity contribution is 5.96. The zero-order valence-electron chi connectivity index (χ0n) is 10.9. The predicted octanol–water partition coefficient (Wildman–Crippen LogP) is 3.38. The minimum absolute atomic E-state index is 0.368. The summed E-state index contributed by atoms with van der Waals surface area (Å²) in [6.07, 6.45) is 0. The number of carbonyl (C=O) groups is 1. The molecule has 2 aromatic carbocycles. The SMILES string of the molecule is Cc1c(C(N)=O)cc(-c2ccccc2)c(C)c1C. The fraction of sp³-hybridized carbons (Fsp3) is 0.188. The van der Waals surface area contributed by atoms with Crippen molar-refractivity contribution in [1.29, 1.82) is 0 Å². The Bertz CT molecular complexity index is 600. The molecule has 0 saturated heterocycles. The third-order valence-corrected chi connectivity index (χ3v) is 3.57. The van der Waals surface area contributed by atoms with Gasteiger partial charge in [0, 0.05) is 5.56 Å². The molecule has 2 heteroatoms. The third-order valence-electron chi connectivity index (χ3n) is 3.57. The Morgan fingerprint density at radius 3 is 2.11 bits per heavy atom. The van der Waals surface area contributed by atoms with Gasteiger partial charge >= 0.3 is 0 Å². The van der Waals surface area contributed by atoms with Crippen LogP contribution in [0.2, 0.25) is 0 Å². The zero-order valence-corrected chi connectivity index (χ0v) is 10.9. The van der Waals surface area contributed by atoms with Gasteiger partial charge in [0.05, 0.1) is 0 Å². The quantitative estimate of drug-likeness (QED) is 0.857. The van der Waals surface area contributed by atoms with Crippen molar-refractivity contribution in [3.63, 3.8) is 0 Å². The van der Waals surface area contributed by atoms with Gasteiger partial charge in [0.2, 0.25) is 5.91 Å². The summed E-state index contributed by atoms with van der Waals surface area (Å²) in [4.78, 5) is 11.5. The highest BCUT2D eigenvalue weighted by atomic mass is 16.1. The van der Waals surface area contributed by atoms with E-state index in [1.807, 2.05) is 50.2 Å². The fourth-order valence-corrected chi connectivity index (χ4v) is 2.22. The van der Waals surface area contributed by atoms with Gasteiger partial charge in [-0.05, 0) is 54.7 Å². The van der Waals surface area contributed by atoms with Gasteiger partial charge in [0.15, 0.2) is 0 Å². The molecule has 0 radical (unpaired) electrons. The summed E-state index contributed by atoms with van der Waals surface area (Å²) in [5.41, 5.74) is 11.5. The van der Waals surface area contributed by atoms with E-state index in [0.717, 1.165) is 22.3 Å². The molecule has 2 aromatic rings. The average molecular weight is 239 g/mol. The first-order chi connectivity index (χ1) is 8.52. The van der Waals surface area contributed by atoms with Gasteiger partial charge in [-0.1, -0.05) is 30.3 Å². The Kier molecular flexibility index (Phi) is 3.19. The van der Waals surface area contributed by atoms with Crippen LogP contribution in [0.1, 0.15) is 27.0 Å². The summed E-state index contributed by atoms with van der Waals surface area (Å²) < 4.78 is 0. The number of primary amides is 1. The molecule has 0 bridgehead atoms. The molecule has 0 aliphatic carbocycles. The molecular weight excluding hydrogens is 222 g/mol. The van der Waals surface area contributed by atoms with Crippen molar-refractivity contribution in [3.05, 3.63) is 58.7 Å². The van der Waals surface area contributed by atoms with Crippen LogP contribution in [0.5, 0.6) is 0 Å². The van der Waals surface area contributed by atoms with Crippen molar-refractivity contribution in [3.8, 4) is 11.1 Å². The maximum absolute atomic E-state index is 11.5. The molecule has 1 amide bonds. The number of benzene rings is 2. The number of hydrogen-bond acceptors (Lipinski definition) is 1. The minimum Gasteiger partial charge on any atom is -0.366 e. The van der Waals surface area contributed by atoms with Crippen molar-refractivity contribution >= 4 is 5.91 Å². The monoisotopic (exact) mass is 239 g/mol. The molecule has 0 aliphatic rings. The van der Waals surface area contributed by atoms with Crippen molar-refractivity contribution < 1.29 is 4.79 Å². The standard InChI is InChI=1S/C16H17NO/c1-10-11(2)14(13-7-5-4-6-8-13)9-15(12(10)3)16(17)18/h4-9H,1-3H3,(H2,17,18). The highest BCUT2D eigenvalue weighted by Gasteiger charge is 2.13. The molecule has 0 atom stereocenters. The first-order valence-corrected chi connectivity index (χ1v) is 5.98. The molecule has 0 spiro atoms. The molecule has 0 aliphatic heterocycles. The van der Waals surface area contributed by atoms with E-state index in [0.29, 0.717) is 5.56 Å². The fourth-order valence-electron chi connectivity index (χ4n) is 2.22. The van der Waals surface area contributed by atoms with Crippen molar-refractivity contribution in [2.75, 3.05) is 0 Å². The molecule has 0 saturated carbocycles. The summed E-state index contributed by atoms with van der Waals surface area (Å²) >= 11 is 0. The highest BCUT2D eigenvalue weighted by Crippen LogP contribution is 2.29. The third kappa shape index (κ3) is 2.02. The van der Waals surface area contributed by atoms with E-state index in [1.54, 1.807) is 0 Å². The van der Waals surface area contributed by atoms with E-state index in [-0.39, 0.29) is 5.91 Å². The van der Waals surface area contributed by atoms with Crippen LogP contribution in [-0.2, 0) is 0 Å². The van der Waals surface area contributed by atoms with E-state index in [4.69, 9.17) is 5.73 Å². The normalized spacial score (nSPS) is 10.4. The van der Waals surface area contributed by atoms with Crippen LogP contribution in [-0.4, -0.2) is 5.91 Å². The van der Waals surface area contributed by atoms with Crippen molar-refractivity contribution in [2.45, 2.75) is 20.8 Å². The minimum atomic E-state index is -0.368. The molecule has 18 heavy (non-hydrogen) atoms. The van der Waals surface area contributed by atoms with Gasteiger partial charge in [-0.15, -0.1) is 0 Å². The molecular formula is C16H17NO. The Hall–Kier alpha value is -2.09. The molecule has 0 fully saturated rings. The summed E-state index contributed by atoms with van der Waals surface area (Å²) in [5, 5.41) is 0. The predicted molar refractivity (Wildman–Crippen MR) is 74.6 cm³/mol. The van der Waals surface area contributed by atoms with Gasteiger partial charge in [-0.2, -0.15) is 0 Å². The Morgan fingerprint density at radius 1 is 0.944 bits per heavy atom. The van der Waals surface area contributed by atoms with Crippen molar-refractivity contribution in [2.24, 2.45) is 5.73 Å². The van der Waals surface area contributed by atoms with E-state index < -0.39 is 0 Å². The maximum atomic E-state index is 11.5. The zero-order chi connectivity index (χ0) is 13.3. The van der Waals surface area contributed by atoms with Crippen LogP contribution in [0.15, 0.2) is 36.4 Å². The largest absolute Gasteiger partial charge is 0.366 e. The number of carbonyl (C=O) groups excluding carboxylic acids is 1. The smallest absolute Gasteiger partial charge is 0.248 e. The summed E-state index contributed by atoms with van der Waals surface area (Å²) in [7, 11) is 0. The lowest BCUT2D eigenvalue weighted by atomic mass is 9.90. The number of hydrogen-bond donors (Lipinski definition) is 1. The Morgan fingerprint density at radius 2 is 1.56 bits per heavy atom. The number of rotatable bonds is 2. The topological polar surface area (TPSA) is 43.1 Å². The molecule has 2 rings (SSSR count). The van der Waals surface area contributed by atoms with Gasteiger partial charge in [0.1, 0.15) is 0 Å². The first kappa shape index (κ1) is 12.4. The van der Waals surface area contributed by atoms with E-state index >= 15 is 0 Å². The van der Waals surface area contributed by atoms with Crippen LogP contribution < -0.4 is 5.73 Å². The Labute approximate surface area is 107 Å². The second-order valence-corrected chi connectivity index (χ2v) is 4.58. The molecule has 0 heterocycles. The lowest BCUT2D eigenvalue weighted by Gasteiger charge is -2.14. The van der Waals surface area contributed by atoms with Crippen LogP contribution in [0.3, 0.4) is 0 Å². The molecule has 0 aromatic heterocycles. The maximum Gasteiger partial charge on any atom is 0.248 e. The van der Waals surface area contributed by atoms with Crippen molar-refractivity contribution in [1.82, 2.24) is 0 Å². The second kappa shape index (κ2) is 4.65. The van der Waals surface area contributed by atoms with E-state index in [1.165, 1.54) is 5.56 Å².